The zero-order chi connectivity index (χ0) is 18.0. The number of piperidine rings is 1. The van der Waals surface area contributed by atoms with Gasteiger partial charge in [0.25, 0.3) is 5.91 Å². The van der Waals surface area contributed by atoms with Gasteiger partial charge in [-0.15, -0.1) is 11.3 Å². The first-order chi connectivity index (χ1) is 11.9. The van der Waals surface area contributed by atoms with Gasteiger partial charge in [0.15, 0.2) is 0 Å². The van der Waals surface area contributed by atoms with Crippen molar-refractivity contribution in [3.05, 3.63) is 45.9 Å². The first-order valence-electron chi connectivity index (χ1n) is 8.05. The van der Waals surface area contributed by atoms with Crippen LogP contribution in [0.4, 0.5) is 10.1 Å². The molecule has 1 aromatic carbocycles. The number of anilines is 1. The van der Waals surface area contributed by atoms with Crippen LogP contribution < -0.4 is 5.32 Å². The predicted octanol–water partition coefficient (Wildman–Crippen LogP) is 3.62. The zero-order valence-electron chi connectivity index (χ0n) is 13.8. The monoisotopic (exact) mass is 382 g/mol. The lowest BCUT2D eigenvalue weighted by Gasteiger charge is -2.25. The second kappa shape index (κ2) is 7.23. The maximum atomic E-state index is 13.2. The normalized spacial score (nSPS) is 15.9. The molecule has 1 aromatic heterocycles. The molecule has 2 aromatic rings. The average Bonchev–Trinajstić information content (AvgIpc) is 3.09. The highest BCUT2D eigenvalue weighted by Crippen LogP contribution is 2.28. The topological polar surface area (TPSA) is 66.5 Å². The molecule has 1 fully saturated rings. The van der Waals surface area contributed by atoms with Gasteiger partial charge in [-0.1, -0.05) is 6.42 Å². The van der Waals surface area contributed by atoms with E-state index in [-0.39, 0.29) is 15.6 Å². The second-order valence-corrected chi connectivity index (χ2v) is 8.81. The molecule has 1 aliphatic rings. The van der Waals surface area contributed by atoms with Gasteiger partial charge in [-0.2, -0.15) is 4.31 Å². The third-order valence-electron chi connectivity index (χ3n) is 4.20. The molecule has 0 unspecified atom stereocenters. The van der Waals surface area contributed by atoms with Crippen LogP contribution in [0.2, 0.25) is 0 Å². The van der Waals surface area contributed by atoms with Crippen LogP contribution in [-0.4, -0.2) is 31.7 Å². The van der Waals surface area contributed by atoms with Crippen molar-refractivity contribution in [1.29, 1.82) is 0 Å². The number of benzene rings is 1. The minimum atomic E-state index is -3.68. The van der Waals surface area contributed by atoms with Crippen LogP contribution in [0.15, 0.2) is 34.5 Å². The fourth-order valence-electron chi connectivity index (χ4n) is 2.86. The van der Waals surface area contributed by atoms with Crippen LogP contribution in [0.25, 0.3) is 0 Å². The number of carbonyl (C=O) groups excluding carboxylic acids is 1. The molecular weight excluding hydrogens is 363 g/mol. The number of aryl methyl sites for hydroxylation is 1. The Kier molecular flexibility index (Phi) is 5.21. The van der Waals surface area contributed by atoms with Crippen molar-refractivity contribution < 1.29 is 17.6 Å². The molecule has 134 valence electrons. The van der Waals surface area contributed by atoms with Gasteiger partial charge < -0.3 is 5.32 Å². The first kappa shape index (κ1) is 18.0. The standard InChI is InChI=1S/C17H19FN2O3S2/c1-12-11-13(18)5-6-14(12)19-17(21)16-15(7-10-24-16)25(22,23)20-8-3-2-4-9-20/h5-7,10-11H,2-4,8-9H2,1H3,(H,19,21). The summed E-state index contributed by atoms with van der Waals surface area (Å²) in [6.07, 6.45) is 2.69. The van der Waals surface area contributed by atoms with Crippen molar-refractivity contribution in [1.82, 2.24) is 4.31 Å². The molecule has 2 heterocycles. The number of nitrogens with zero attached hydrogens (tertiary/aromatic N) is 1. The number of amides is 1. The summed E-state index contributed by atoms with van der Waals surface area (Å²) in [5.41, 5.74) is 1.03. The molecule has 3 rings (SSSR count). The van der Waals surface area contributed by atoms with Gasteiger partial charge in [-0.05, 0) is 55.0 Å². The number of rotatable bonds is 4. The van der Waals surface area contributed by atoms with E-state index in [0.29, 0.717) is 24.3 Å². The van der Waals surface area contributed by atoms with Gasteiger partial charge in [0.05, 0.1) is 0 Å². The summed E-state index contributed by atoms with van der Waals surface area (Å²) < 4.78 is 40.3. The van der Waals surface area contributed by atoms with Gasteiger partial charge in [0.2, 0.25) is 10.0 Å². The molecule has 0 spiro atoms. The molecular formula is C17H19FN2O3S2. The molecule has 0 aliphatic carbocycles. The first-order valence-corrected chi connectivity index (χ1v) is 10.4. The highest BCUT2D eigenvalue weighted by molar-refractivity contribution is 7.89. The Balaban J connectivity index is 1.86. The van der Waals surface area contributed by atoms with Gasteiger partial charge in [-0.25, -0.2) is 12.8 Å². The Bertz CT molecular complexity index is 887. The van der Waals surface area contributed by atoms with Gasteiger partial charge in [0, 0.05) is 18.8 Å². The molecule has 5 nitrogen and oxygen atoms in total. The molecule has 0 radical (unpaired) electrons. The fourth-order valence-corrected chi connectivity index (χ4v) is 5.67. The van der Waals surface area contributed by atoms with E-state index >= 15 is 0 Å². The van der Waals surface area contributed by atoms with Gasteiger partial charge in [0.1, 0.15) is 15.6 Å². The van der Waals surface area contributed by atoms with Crippen molar-refractivity contribution in [3.8, 4) is 0 Å². The predicted molar refractivity (Wildman–Crippen MR) is 96.0 cm³/mol. The average molecular weight is 382 g/mol. The quantitative estimate of drug-likeness (QED) is 0.878. The lowest BCUT2D eigenvalue weighted by Crippen LogP contribution is -2.36. The molecule has 0 bridgehead atoms. The molecule has 25 heavy (non-hydrogen) atoms. The summed E-state index contributed by atoms with van der Waals surface area (Å²) in [6, 6.07) is 5.51. The van der Waals surface area contributed by atoms with Crippen molar-refractivity contribution in [3.63, 3.8) is 0 Å². The summed E-state index contributed by atoms with van der Waals surface area (Å²) in [7, 11) is -3.68. The minimum absolute atomic E-state index is 0.0386. The van der Waals surface area contributed by atoms with E-state index in [1.54, 1.807) is 12.3 Å². The molecule has 8 heteroatoms. The molecule has 1 N–H and O–H groups in total. The molecule has 0 atom stereocenters. The van der Waals surface area contributed by atoms with E-state index in [1.165, 1.54) is 28.6 Å². The number of sulfonamides is 1. The smallest absolute Gasteiger partial charge is 0.267 e. The summed E-state index contributed by atoms with van der Waals surface area (Å²) in [6.45, 7) is 2.64. The lowest BCUT2D eigenvalue weighted by atomic mass is 10.2. The van der Waals surface area contributed by atoms with E-state index in [2.05, 4.69) is 5.32 Å². The number of thiophene rings is 1. The Hall–Kier alpha value is -1.77. The van der Waals surface area contributed by atoms with E-state index in [0.717, 1.165) is 30.6 Å². The Morgan fingerprint density at radius 2 is 1.92 bits per heavy atom. The maximum absolute atomic E-state index is 13.2. The van der Waals surface area contributed by atoms with Crippen LogP contribution in [0, 0.1) is 12.7 Å². The maximum Gasteiger partial charge on any atom is 0.267 e. The van der Waals surface area contributed by atoms with E-state index in [4.69, 9.17) is 0 Å². The Labute approximate surface area is 150 Å². The molecule has 1 aliphatic heterocycles. The van der Waals surface area contributed by atoms with E-state index < -0.39 is 15.9 Å². The number of hydrogen-bond donors (Lipinski definition) is 1. The van der Waals surface area contributed by atoms with E-state index in [9.17, 15) is 17.6 Å². The zero-order valence-corrected chi connectivity index (χ0v) is 15.4. The van der Waals surface area contributed by atoms with Crippen LogP contribution in [0.1, 0.15) is 34.5 Å². The van der Waals surface area contributed by atoms with Crippen molar-refractivity contribution in [2.45, 2.75) is 31.1 Å². The van der Waals surface area contributed by atoms with Gasteiger partial charge in [-0.3, -0.25) is 4.79 Å². The van der Waals surface area contributed by atoms with E-state index in [1.807, 2.05) is 0 Å². The van der Waals surface area contributed by atoms with Crippen LogP contribution in [0.5, 0.6) is 0 Å². The van der Waals surface area contributed by atoms with Crippen LogP contribution in [0.3, 0.4) is 0 Å². The summed E-state index contributed by atoms with van der Waals surface area (Å²) in [5, 5.41) is 4.28. The summed E-state index contributed by atoms with van der Waals surface area (Å²) in [4.78, 5) is 12.8. The second-order valence-electron chi connectivity index (χ2n) is 5.99. The highest BCUT2D eigenvalue weighted by Gasteiger charge is 2.31. The number of carbonyl (C=O) groups is 1. The summed E-state index contributed by atoms with van der Waals surface area (Å²) >= 11 is 1.08. The molecule has 0 saturated carbocycles. The number of hydrogen-bond acceptors (Lipinski definition) is 4. The fraction of sp³-hybridized carbons (Fsp3) is 0.353. The van der Waals surface area contributed by atoms with Gasteiger partial charge >= 0.3 is 0 Å². The number of halogens is 1. The Morgan fingerprint density at radius 1 is 1.20 bits per heavy atom. The summed E-state index contributed by atoms with van der Waals surface area (Å²) in [5.74, 6) is -0.889. The Morgan fingerprint density at radius 3 is 2.60 bits per heavy atom. The van der Waals surface area contributed by atoms with Crippen molar-refractivity contribution in [2.75, 3.05) is 18.4 Å². The SMILES string of the molecule is Cc1cc(F)ccc1NC(=O)c1sccc1S(=O)(=O)N1CCCCC1. The van der Waals surface area contributed by atoms with Crippen LogP contribution >= 0.6 is 11.3 Å². The van der Waals surface area contributed by atoms with Crippen molar-refractivity contribution >= 4 is 33.0 Å². The lowest BCUT2D eigenvalue weighted by molar-refractivity contribution is 0.102. The molecule has 1 saturated heterocycles. The van der Waals surface area contributed by atoms with Crippen LogP contribution in [-0.2, 0) is 10.0 Å². The minimum Gasteiger partial charge on any atom is -0.321 e. The number of nitrogens with one attached hydrogen (secondary N) is 1. The largest absolute Gasteiger partial charge is 0.321 e. The van der Waals surface area contributed by atoms with Crippen molar-refractivity contribution in [2.24, 2.45) is 0 Å². The highest BCUT2D eigenvalue weighted by atomic mass is 32.2. The molecule has 1 amide bonds. The third kappa shape index (κ3) is 3.75. The third-order valence-corrected chi connectivity index (χ3v) is 7.19.